The van der Waals surface area contributed by atoms with Crippen LogP contribution in [-0.4, -0.2) is 14.6 Å². The summed E-state index contributed by atoms with van der Waals surface area (Å²) in [4.78, 5) is 0. The number of fused-ring (bicyclic) bond motifs is 1. The van der Waals surface area contributed by atoms with Crippen molar-refractivity contribution in [2.45, 2.75) is 0 Å². The largest absolute Gasteiger partial charge is 0.189 e. The maximum absolute atomic E-state index is 3.85. The Hall–Kier alpha value is -1.69. The molecule has 0 bridgehead atoms. The molecule has 0 atom stereocenters. The molecule has 16 heavy (non-hydrogen) atoms. The summed E-state index contributed by atoms with van der Waals surface area (Å²) in [5.74, 6) is 0. The van der Waals surface area contributed by atoms with Gasteiger partial charge in [0.05, 0.1) is 0 Å². The second-order valence-electron chi connectivity index (χ2n) is 3.63. The van der Waals surface area contributed by atoms with E-state index in [2.05, 4.69) is 58.1 Å². The molecule has 1 heterocycles. The summed E-state index contributed by atoms with van der Waals surface area (Å²) in [6, 6.07) is 8.34. The standard InChI is InChI=1S/C14H12B2/c1-3-5-8-12-11(4-2)15-13-9-6-7-10-14(13)16-12/h3-10H,1-2H2/b8-5-. The summed E-state index contributed by atoms with van der Waals surface area (Å²) >= 11 is 0. The van der Waals surface area contributed by atoms with E-state index < -0.39 is 0 Å². The Balaban J connectivity index is 2.37. The Morgan fingerprint density at radius 1 is 0.938 bits per heavy atom. The molecule has 1 aromatic rings. The van der Waals surface area contributed by atoms with Gasteiger partial charge in [-0.3, -0.25) is 0 Å². The smallest absolute Gasteiger partial charge is 0.0996 e. The first-order valence-electron chi connectivity index (χ1n) is 5.29. The maximum Gasteiger partial charge on any atom is 0.189 e. The lowest BCUT2D eigenvalue weighted by atomic mass is 9.44. The van der Waals surface area contributed by atoms with Gasteiger partial charge in [-0.15, -0.1) is 0 Å². The van der Waals surface area contributed by atoms with Crippen molar-refractivity contribution in [3.63, 3.8) is 0 Å². The maximum atomic E-state index is 3.85. The van der Waals surface area contributed by atoms with E-state index in [1.165, 1.54) is 16.4 Å². The summed E-state index contributed by atoms with van der Waals surface area (Å²) in [7, 11) is 4.33. The van der Waals surface area contributed by atoms with E-state index in [1.807, 2.05) is 12.2 Å². The number of rotatable bonds is 3. The molecule has 0 aromatic heterocycles. The molecule has 2 rings (SSSR count). The third kappa shape index (κ3) is 2.11. The number of hydrogen-bond donors (Lipinski definition) is 0. The molecule has 2 heteroatoms. The van der Waals surface area contributed by atoms with Gasteiger partial charge < -0.3 is 0 Å². The molecule has 1 aliphatic rings. The Bertz CT molecular complexity index is 481. The van der Waals surface area contributed by atoms with Crippen LogP contribution in [0.4, 0.5) is 0 Å². The van der Waals surface area contributed by atoms with Crippen LogP contribution in [0.1, 0.15) is 0 Å². The highest BCUT2D eigenvalue weighted by Crippen LogP contribution is 2.09. The summed E-state index contributed by atoms with van der Waals surface area (Å²) < 4.78 is 0. The van der Waals surface area contributed by atoms with Crippen molar-refractivity contribution in [3.05, 3.63) is 72.7 Å². The molecule has 2 radical (unpaired) electrons. The first-order chi connectivity index (χ1) is 7.85. The van der Waals surface area contributed by atoms with E-state index >= 15 is 0 Å². The second kappa shape index (κ2) is 4.89. The lowest BCUT2D eigenvalue weighted by Crippen LogP contribution is -2.41. The minimum Gasteiger partial charge on any atom is -0.0996 e. The highest BCUT2D eigenvalue weighted by molar-refractivity contribution is 6.79. The summed E-state index contributed by atoms with van der Waals surface area (Å²) in [6.45, 7) is 7.53. The van der Waals surface area contributed by atoms with Crippen molar-refractivity contribution >= 4 is 25.5 Å². The monoisotopic (exact) mass is 202 g/mol. The molecule has 0 nitrogen and oxygen atoms in total. The third-order valence-electron chi connectivity index (χ3n) is 2.58. The van der Waals surface area contributed by atoms with Crippen molar-refractivity contribution in [2.24, 2.45) is 0 Å². The molecule has 0 amide bonds. The van der Waals surface area contributed by atoms with Gasteiger partial charge >= 0.3 is 0 Å². The lowest BCUT2D eigenvalue weighted by Gasteiger charge is -2.18. The molecule has 74 valence electrons. The fraction of sp³-hybridized carbons (Fsp3) is 0. The zero-order valence-corrected chi connectivity index (χ0v) is 9.19. The van der Waals surface area contributed by atoms with E-state index in [-0.39, 0.29) is 0 Å². The SMILES string of the molecule is C=C/C=C\C1=C(C=C)[B]c2ccccc2[B]1. The summed E-state index contributed by atoms with van der Waals surface area (Å²) in [5.41, 5.74) is 4.82. The highest BCUT2D eigenvalue weighted by atomic mass is 14.0. The van der Waals surface area contributed by atoms with Gasteiger partial charge in [0.15, 0.2) is 14.6 Å². The van der Waals surface area contributed by atoms with E-state index in [9.17, 15) is 0 Å². The van der Waals surface area contributed by atoms with Gasteiger partial charge in [-0.05, 0) is 0 Å². The highest BCUT2D eigenvalue weighted by Gasteiger charge is 2.15. The zero-order valence-electron chi connectivity index (χ0n) is 9.19. The predicted octanol–water partition coefficient (Wildman–Crippen LogP) is 1.50. The van der Waals surface area contributed by atoms with Crippen LogP contribution in [0, 0.1) is 0 Å². The Morgan fingerprint density at radius 3 is 2.12 bits per heavy atom. The van der Waals surface area contributed by atoms with Gasteiger partial charge in [0.1, 0.15) is 0 Å². The molecular formula is C14H12B2. The Kier molecular flexibility index (Phi) is 3.31. The normalized spacial score (nSPS) is 14.0. The molecule has 1 aromatic carbocycles. The molecule has 0 saturated carbocycles. The molecular weight excluding hydrogens is 190 g/mol. The Labute approximate surface area is 98.6 Å². The average Bonchev–Trinajstić information content (AvgIpc) is 2.35. The Morgan fingerprint density at radius 2 is 1.56 bits per heavy atom. The van der Waals surface area contributed by atoms with Crippen LogP contribution >= 0.6 is 0 Å². The molecule has 0 spiro atoms. The van der Waals surface area contributed by atoms with Gasteiger partial charge in [0, 0.05) is 0 Å². The molecule has 0 N–H and O–H groups in total. The number of allylic oxidation sites excluding steroid dienone is 6. The fourth-order valence-electron chi connectivity index (χ4n) is 1.77. The van der Waals surface area contributed by atoms with Gasteiger partial charge in [0.2, 0.25) is 0 Å². The van der Waals surface area contributed by atoms with Gasteiger partial charge in [-0.2, -0.15) is 0 Å². The molecule has 0 saturated heterocycles. The van der Waals surface area contributed by atoms with Gasteiger partial charge in [-0.1, -0.05) is 83.6 Å². The van der Waals surface area contributed by atoms with Crippen molar-refractivity contribution < 1.29 is 0 Å². The summed E-state index contributed by atoms with van der Waals surface area (Å²) in [6.07, 6.45) is 7.66. The van der Waals surface area contributed by atoms with Crippen molar-refractivity contribution in [1.29, 1.82) is 0 Å². The zero-order chi connectivity index (χ0) is 11.4. The predicted molar refractivity (Wildman–Crippen MR) is 73.8 cm³/mol. The first kappa shape index (κ1) is 10.8. The van der Waals surface area contributed by atoms with Crippen LogP contribution in [0.5, 0.6) is 0 Å². The molecule has 0 unspecified atom stereocenters. The minimum atomic E-state index is 1.15. The van der Waals surface area contributed by atoms with Crippen LogP contribution in [0.3, 0.4) is 0 Å². The molecule has 0 aliphatic carbocycles. The van der Waals surface area contributed by atoms with Gasteiger partial charge in [0.25, 0.3) is 0 Å². The van der Waals surface area contributed by atoms with Crippen molar-refractivity contribution in [3.8, 4) is 0 Å². The van der Waals surface area contributed by atoms with Crippen LogP contribution in [-0.2, 0) is 0 Å². The van der Waals surface area contributed by atoms with E-state index in [4.69, 9.17) is 0 Å². The third-order valence-corrected chi connectivity index (χ3v) is 2.58. The molecule has 0 fully saturated rings. The number of hydrogen-bond acceptors (Lipinski definition) is 0. The van der Waals surface area contributed by atoms with E-state index in [1.54, 1.807) is 6.08 Å². The van der Waals surface area contributed by atoms with E-state index in [0.717, 1.165) is 5.47 Å². The van der Waals surface area contributed by atoms with Crippen molar-refractivity contribution in [1.82, 2.24) is 0 Å². The average molecular weight is 202 g/mol. The number of benzene rings is 1. The fourth-order valence-corrected chi connectivity index (χ4v) is 1.77. The molecule has 1 aliphatic heterocycles. The van der Waals surface area contributed by atoms with E-state index in [0.29, 0.717) is 0 Å². The first-order valence-corrected chi connectivity index (χ1v) is 5.29. The van der Waals surface area contributed by atoms with Crippen LogP contribution in [0.15, 0.2) is 72.7 Å². The minimum absolute atomic E-state index is 1.15. The lowest BCUT2D eigenvalue weighted by molar-refractivity contribution is 1.72. The van der Waals surface area contributed by atoms with Crippen LogP contribution < -0.4 is 10.9 Å². The van der Waals surface area contributed by atoms with Crippen LogP contribution in [0.2, 0.25) is 0 Å². The van der Waals surface area contributed by atoms with Crippen LogP contribution in [0.25, 0.3) is 0 Å². The topological polar surface area (TPSA) is 0 Å². The van der Waals surface area contributed by atoms with Crippen molar-refractivity contribution in [2.75, 3.05) is 0 Å². The quantitative estimate of drug-likeness (QED) is 0.514. The summed E-state index contributed by atoms with van der Waals surface area (Å²) in [5, 5.41) is 0. The second-order valence-corrected chi connectivity index (χ2v) is 3.63. The van der Waals surface area contributed by atoms with Gasteiger partial charge in [-0.25, -0.2) is 0 Å².